The number of benzene rings is 1. The molecule has 2 heterocycles. The molecule has 1 aromatic carbocycles. The van der Waals surface area contributed by atoms with Gasteiger partial charge < -0.3 is 20.9 Å². The molecule has 0 spiro atoms. The fourth-order valence-electron chi connectivity index (χ4n) is 4.30. The number of carbonyl (C=O) groups excluding carboxylic acids is 2. The lowest BCUT2D eigenvalue weighted by atomic mass is 9.84. The van der Waals surface area contributed by atoms with Gasteiger partial charge in [-0.15, -0.1) is 0 Å². The van der Waals surface area contributed by atoms with Gasteiger partial charge in [-0.3, -0.25) is 9.59 Å². The molecular formula is C21H31ClN4O2. The van der Waals surface area contributed by atoms with E-state index in [4.69, 9.17) is 11.6 Å². The summed E-state index contributed by atoms with van der Waals surface area (Å²) in [6, 6.07) is 4.27. The van der Waals surface area contributed by atoms with Gasteiger partial charge in [-0.1, -0.05) is 18.5 Å². The number of nitrogens with zero attached hydrogens (tertiary/aromatic N) is 1. The van der Waals surface area contributed by atoms with Crippen LogP contribution in [0.3, 0.4) is 0 Å². The molecule has 154 valence electrons. The summed E-state index contributed by atoms with van der Waals surface area (Å²) in [7, 11) is 0. The highest BCUT2D eigenvalue weighted by Gasteiger charge is 2.32. The first-order valence-electron chi connectivity index (χ1n) is 10.2. The van der Waals surface area contributed by atoms with Crippen LogP contribution in [0.5, 0.6) is 0 Å². The molecule has 0 bridgehead atoms. The van der Waals surface area contributed by atoms with E-state index in [0.29, 0.717) is 23.2 Å². The number of piperidine rings is 1. The van der Waals surface area contributed by atoms with Gasteiger partial charge >= 0.3 is 0 Å². The quantitative estimate of drug-likeness (QED) is 0.678. The average molecular weight is 407 g/mol. The van der Waals surface area contributed by atoms with Crippen LogP contribution in [-0.2, 0) is 4.79 Å². The standard InChI is InChI=1S/C21H31ClN4O2/c1-5-26(16-9-23-10-16)19-8-15(22)7-17(14(19)4)20(27)24-11-18-12(2)6-13(3)25-21(18)28/h7-8,12-13,16,18,23H,5-6,9-11H2,1-4H3,(H,24,27)(H,25,28). The van der Waals surface area contributed by atoms with Crippen LogP contribution >= 0.6 is 11.6 Å². The van der Waals surface area contributed by atoms with Crippen LogP contribution in [-0.4, -0.2) is 50.1 Å². The average Bonchev–Trinajstić information content (AvgIpc) is 2.58. The third kappa shape index (κ3) is 4.28. The van der Waals surface area contributed by atoms with Crippen molar-refractivity contribution in [1.29, 1.82) is 0 Å². The maximum atomic E-state index is 12.9. The SMILES string of the molecule is CCN(c1cc(Cl)cc(C(=O)NCC2C(=O)NC(C)CC2C)c1C)C1CNC1. The van der Waals surface area contributed by atoms with Crippen LogP contribution in [0.2, 0.25) is 5.02 Å². The summed E-state index contributed by atoms with van der Waals surface area (Å²) < 4.78 is 0. The molecule has 1 aromatic rings. The van der Waals surface area contributed by atoms with Crippen LogP contribution in [0.25, 0.3) is 0 Å². The Bertz CT molecular complexity index is 750. The Morgan fingerprint density at radius 2 is 2.04 bits per heavy atom. The van der Waals surface area contributed by atoms with Crippen molar-refractivity contribution in [3.8, 4) is 0 Å². The maximum Gasteiger partial charge on any atom is 0.251 e. The Morgan fingerprint density at radius 3 is 2.61 bits per heavy atom. The van der Waals surface area contributed by atoms with Crippen molar-refractivity contribution in [3.05, 3.63) is 28.3 Å². The third-order valence-corrected chi connectivity index (χ3v) is 6.28. The number of halogens is 1. The van der Waals surface area contributed by atoms with Crippen molar-refractivity contribution in [3.63, 3.8) is 0 Å². The Kier molecular flexibility index (Phi) is 6.50. The van der Waals surface area contributed by atoms with Crippen LogP contribution in [0.4, 0.5) is 5.69 Å². The summed E-state index contributed by atoms with van der Waals surface area (Å²) in [4.78, 5) is 27.5. The minimum Gasteiger partial charge on any atom is -0.366 e. The molecule has 3 rings (SSSR count). The monoisotopic (exact) mass is 406 g/mol. The first-order valence-corrected chi connectivity index (χ1v) is 10.6. The first kappa shape index (κ1) is 20.9. The van der Waals surface area contributed by atoms with E-state index in [1.54, 1.807) is 6.07 Å². The molecule has 7 heteroatoms. The van der Waals surface area contributed by atoms with E-state index in [2.05, 4.69) is 34.7 Å². The topological polar surface area (TPSA) is 73.5 Å². The van der Waals surface area contributed by atoms with Gasteiger partial charge in [-0.2, -0.15) is 0 Å². The molecule has 0 saturated carbocycles. The van der Waals surface area contributed by atoms with Crippen LogP contribution in [0.1, 0.15) is 43.1 Å². The highest BCUT2D eigenvalue weighted by molar-refractivity contribution is 6.31. The molecule has 28 heavy (non-hydrogen) atoms. The number of hydrogen-bond acceptors (Lipinski definition) is 4. The number of amides is 2. The molecule has 2 amide bonds. The van der Waals surface area contributed by atoms with Gasteiger partial charge in [0.1, 0.15) is 0 Å². The molecule has 2 saturated heterocycles. The molecule has 0 aliphatic carbocycles. The Labute approximate surface area is 172 Å². The minimum atomic E-state index is -0.202. The summed E-state index contributed by atoms with van der Waals surface area (Å²) in [6.07, 6.45) is 0.924. The van der Waals surface area contributed by atoms with Gasteiger partial charge in [-0.25, -0.2) is 0 Å². The van der Waals surface area contributed by atoms with E-state index >= 15 is 0 Å². The van der Waals surface area contributed by atoms with E-state index in [1.807, 2.05) is 19.9 Å². The summed E-state index contributed by atoms with van der Waals surface area (Å²) in [5.41, 5.74) is 2.50. The predicted molar refractivity (Wildman–Crippen MR) is 113 cm³/mol. The lowest BCUT2D eigenvalue weighted by Crippen LogP contribution is -2.57. The second kappa shape index (κ2) is 8.70. The highest BCUT2D eigenvalue weighted by Crippen LogP contribution is 2.30. The zero-order valence-electron chi connectivity index (χ0n) is 17.1. The number of anilines is 1. The Hall–Kier alpha value is -1.79. The second-order valence-corrected chi connectivity index (χ2v) is 8.57. The normalized spacial score (nSPS) is 25.0. The van der Waals surface area contributed by atoms with E-state index in [9.17, 15) is 9.59 Å². The van der Waals surface area contributed by atoms with Crippen molar-refractivity contribution in [2.45, 2.75) is 46.2 Å². The molecular weight excluding hydrogens is 376 g/mol. The van der Waals surface area contributed by atoms with Crippen LogP contribution in [0, 0.1) is 18.8 Å². The van der Waals surface area contributed by atoms with Crippen LogP contribution < -0.4 is 20.9 Å². The minimum absolute atomic E-state index is 0.0182. The first-order chi connectivity index (χ1) is 13.3. The van der Waals surface area contributed by atoms with Gasteiger partial charge in [-0.05, 0) is 50.8 Å². The van der Waals surface area contributed by atoms with Crippen molar-refractivity contribution in [2.24, 2.45) is 11.8 Å². The van der Waals surface area contributed by atoms with Crippen molar-refractivity contribution in [2.75, 3.05) is 31.1 Å². The van der Waals surface area contributed by atoms with Crippen molar-refractivity contribution < 1.29 is 9.59 Å². The largest absolute Gasteiger partial charge is 0.366 e. The van der Waals surface area contributed by atoms with E-state index in [-0.39, 0.29) is 29.7 Å². The molecule has 0 aromatic heterocycles. The molecule has 2 aliphatic rings. The van der Waals surface area contributed by atoms with Crippen molar-refractivity contribution in [1.82, 2.24) is 16.0 Å². The summed E-state index contributed by atoms with van der Waals surface area (Å²) >= 11 is 6.36. The van der Waals surface area contributed by atoms with Gasteiger partial charge in [0.2, 0.25) is 5.91 Å². The van der Waals surface area contributed by atoms with Gasteiger partial charge in [0, 0.05) is 48.5 Å². The second-order valence-electron chi connectivity index (χ2n) is 8.13. The Balaban J connectivity index is 1.75. The summed E-state index contributed by atoms with van der Waals surface area (Å²) in [5.74, 6) is -0.124. The summed E-state index contributed by atoms with van der Waals surface area (Å²) in [5, 5.41) is 9.78. The van der Waals surface area contributed by atoms with Gasteiger partial charge in [0.15, 0.2) is 0 Å². The zero-order chi connectivity index (χ0) is 20.4. The molecule has 0 radical (unpaired) electrons. The number of likely N-dealkylation sites (N-methyl/N-ethyl adjacent to an activating group) is 1. The number of rotatable bonds is 6. The van der Waals surface area contributed by atoms with Gasteiger partial charge in [0.25, 0.3) is 5.91 Å². The molecule has 2 aliphatic heterocycles. The molecule has 2 fully saturated rings. The Morgan fingerprint density at radius 1 is 1.32 bits per heavy atom. The van der Waals surface area contributed by atoms with Crippen LogP contribution in [0.15, 0.2) is 12.1 Å². The summed E-state index contributed by atoms with van der Waals surface area (Å²) in [6.45, 7) is 11.2. The third-order valence-electron chi connectivity index (χ3n) is 6.06. The number of nitrogens with one attached hydrogen (secondary N) is 3. The molecule has 3 unspecified atom stereocenters. The number of hydrogen-bond donors (Lipinski definition) is 3. The van der Waals surface area contributed by atoms with Crippen molar-refractivity contribution >= 4 is 29.1 Å². The van der Waals surface area contributed by atoms with E-state index in [0.717, 1.165) is 37.3 Å². The maximum absolute atomic E-state index is 12.9. The molecule has 3 atom stereocenters. The highest BCUT2D eigenvalue weighted by atomic mass is 35.5. The van der Waals surface area contributed by atoms with Gasteiger partial charge in [0.05, 0.1) is 12.0 Å². The smallest absolute Gasteiger partial charge is 0.251 e. The lowest BCUT2D eigenvalue weighted by Gasteiger charge is -2.40. The number of carbonyl (C=O) groups is 2. The van der Waals surface area contributed by atoms with E-state index in [1.165, 1.54) is 0 Å². The van der Waals surface area contributed by atoms with E-state index < -0.39 is 0 Å². The fourth-order valence-corrected chi connectivity index (χ4v) is 4.51. The molecule has 3 N–H and O–H groups in total. The molecule has 6 nitrogen and oxygen atoms in total. The predicted octanol–water partition coefficient (Wildman–Crippen LogP) is 2.34. The zero-order valence-corrected chi connectivity index (χ0v) is 17.9. The lowest BCUT2D eigenvalue weighted by molar-refractivity contribution is -0.129. The fraction of sp³-hybridized carbons (Fsp3) is 0.619.